The average molecular weight is 196 g/mol. The van der Waals surface area contributed by atoms with Gasteiger partial charge in [-0.2, -0.15) is 5.26 Å². The first-order valence-corrected chi connectivity index (χ1v) is 4.48. The van der Waals surface area contributed by atoms with Gasteiger partial charge < -0.3 is 0 Å². The minimum absolute atomic E-state index is 0.422. The number of aromatic nitrogens is 3. The highest BCUT2D eigenvalue weighted by molar-refractivity contribution is 5.28. The minimum Gasteiger partial charge on any atom is -0.259 e. The first-order valence-electron chi connectivity index (χ1n) is 4.48. The van der Waals surface area contributed by atoms with E-state index in [-0.39, 0.29) is 0 Å². The third-order valence-corrected chi connectivity index (χ3v) is 2.01. The van der Waals surface area contributed by atoms with Crippen LogP contribution in [0, 0.1) is 11.3 Å². The van der Waals surface area contributed by atoms with E-state index in [2.05, 4.69) is 21.0 Å². The molecule has 0 N–H and O–H groups in total. The molecular weight excluding hydrogens is 188 g/mol. The van der Waals surface area contributed by atoms with E-state index in [0.717, 1.165) is 0 Å². The van der Waals surface area contributed by atoms with Crippen molar-refractivity contribution in [2.45, 2.75) is 5.92 Å². The van der Waals surface area contributed by atoms with E-state index in [9.17, 15) is 0 Å². The average Bonchev–Trinajstić information content (AvgIpc) is 2.33. The summed E-state index contributed by atoms with van der Waals surface area (Å²) in [5.41, 5.74) is 1.38. The van der Waals surface area contributed by atoms with Gasteiger partial charge in [-0.3, -0.25) is 4.98 Å². The van der Waals surface area contributed by atoms with E-state index in [0.29, 0.717) is 11.4 Å². The van der Waals surface area contributed by atoms with E-state index in [4.69, 9.17) is 5.26 Å². The summed E-state index contributed by atoms with van der Waals surface area (Å²) in [6, 6.07) is 9.39. The molecule has 0 spiro atoms. The third-order valence-electron chi connectivity index (χ3n) is 2.01. The van der Waals surface area contributed by atoms with Gasteiger partial charge in [-0.15, -0.1) is 0 Å². The minimum atomic E-state index is -0.422. The van der Waals surface area contributed by atoms with Gasteiger partial charge in [0, 0.05) is 12.4 Å². The summed E-state index contributed by atoms with van der Waals surface area (Å²) in [4.78, 5) is 12.0. The molecule has 0 aliphatic carbocycles. The van der Waals surface area contributed by atoms with Crippen molar-refractivity contribution in [1.29, 1.82) is 5.26 Å². The molecule has 0 radical (unpaired) electrons. The van der Waals surface area contributed by atoms with Gasteiger partial charge in [0.05, 0.1) is 17.5 Å². The van der Waals surface area contributed by atoms with Crippen molar-refractivity contribution >= 4 is 0 Å². The molecule has 2 heterocycles. The summed E-state index contributed by atoms with van der Waals surface area (Å²) in [5, 5.41) is 9.08. The van der Waals surface area contributed by atoms with Gasteiger partial charge in [-0.1, -0.05) is 6.07 Å². The quantitative estimate of drug-likeness (QED) is 0.730. The Balaban J connectivity index is 2.39. The largest absolute Gasteiger partial charge is 0.259 e. The van der Waals surface area contributed by atoms with Gasteiger partial charge in [0.25, 0.3) is 0 Å². The van der Waals surface area contributed by atoms with E-state index < -0.39 is 5.92 Å². The number of pyridine rings is 1. The molecule has 2 aromatic rings. The van der Waals surface area contributed by atoms with Crippen molar-refractivity contribution < 1.29 is 0 Å². The first kappa shape index (κ1) is 9.28. The van der Waals surface area contributed by atoms with Crippen LogP contribution in [0.3, 0.4) is 0 Å². The SMILES string of the molecule is N#CC(c1ccccn1)c1ccncn1. The molecule has 4 heteroatoms. The number of rotatable bonds is 2. The lowest BCUT2D eigenvalue weighted by Gasteiger charge is -2.06. The summed E-state index contributed by atoms with van der Waals surface area (Å²) in [6.07, 6.45) is 4.72. The number of nitrogens with zero attached hydrogens (tertiary/aromatic N) is 4. The highest BCUT2D eigenvalue weighted by atomic mass is 14.8. The van der Waals surface area contributed by atoms with Crippen LogP contribution >= 0.6 is 0 Å². The fourth-order valence-electron chi connectivity index (χ4n) is 1.30. The zero-order valence-electron chi connectivity index (χ0n) is 7.91. The molecule has 15 heavy (non-hydrogen) atoms. The smallest absolute Gasteiger partial charge is 0.130 e. The maximum absolute atomic E-state index is 9.08. The maximum atomic E-state index is 9.08. The van der Waals surface area contributed by atoms with Crippen molar-refractivity contribution in [3.05, 3.63) is 54.4 Å². The second-order valence-corrected chi connectivity index (χ2v) is 2.95. The predicted molar refractivity (Wildman–Crippen MR) is 53.7 cm³/mol. The van der Waals surface area contributed by atoms with Crippen LogP contribution < -0.4 is 0 Å². The topological polar surface area (TPSA) is 62.5 Å². The van der Waals surface area contributed by atoms with E-state index >= 15 is 0 Å². The Labute approximate surface area is 87.3 Å². The molecule has 1 unspecified atom stereocenters. The van der Waals surface area contributed by atoms with Gasteiger partial charge in [0.15, 0.2) is 0 Å². The fourth-order valence-corrected chi connectivity index (χ4v) is 1.30. The molecule has 2 aromatic heterocycles. The second kappa shape index (κ2) is 4.29. The lowest BCUT2D eigenvalue weighted by Crippen LogP contribution is -2.02. The highest BCUT2D eigenvalue weighted by Gasteiger charge is 2.14. The first-order chi connectivity index (χ1) is 7.42. The van der Waals surface area contributed by atoms with Crippen LogP contribution in [-0.4, -0.2) is 15.0 Å². The van der Waals surface area contributed by atoms with Gasteiger partial charge in [0.2, 0.25) is 0 Å². The summed E-state index contributed by atoms with van der Waals surface area (Å²) < 4.78 is 0. The monoisotopic (exact) mass is 196 g/mol. The molecular formula is C11H8N4. The molecule has 2 rings (SSSR count). The Hall–Kier alpha value is -2.28. The predicted octanol–water partition coefficient (Wildman–Crippen LogP) is 1.53. The van der Waals surface area contributed by atoms with Crippen molar-refractivity contribution in [3.63, 3.8) is 0 Å². The molecule has 0 aromatic carbocycles. The number of hydrogen-bond donors (Lipinski definition) is 0. The van der Waals surface area contributed by atoms with Gasteiger partial charge in [-0.05, 0) is 18.2 Å². The third kappa shape index (κ3) is 1.97. The molecule has 0 saturated carbocycles. The molecule has 72 valence electrons. The molecule has 0 fully saturated rings. The van der Waals surface area contributed by atoms with Crippen molar-refractivity contribution in [2.75, 3.05) is 0 Å². The van der Waals surface area contributed by atoms with E-state index in [1.165, 1.54) is 6.33 Å². The summed E-state index contributed by atoms with van der Waals surface area (Å²) >= 11 is 0. The highest BCUT2D eigenvalue weighted by Crippen LogP contribution is 2.18. The van der Waals surface area contributed by atoms with Gasteiger partial charge in [0.1, 0.15) is 12.2 Å². The van der Waals surface area contributed by atoms with Crippen molar-refractivity contribution in [3.8, 4) is 6.07 Å². The standard InChI is InChI=1S/C11H8N4/c12-7-9(10-3-1-2-5-14-10)11-4-6-13-8-15-11/h1-6,8-9H. The maximum Gasteiger partial charge on any atom is 0.130 e. The van der Waals surface area contributed by atoms with Crippen LogP contribution in [0.25, 0.3) is 0 Å². The normalized spacial score (nSPS) is 11.7. The lowest BCUT2D eigenvalue weighted by molar-refractivity contribution is 0.902. The molecule has 0 aliphatic heterocycles. The zero-order valence-corrected chi connectivity index (χ0v) is 7.91. The number of nitriles is 1. The molecule has 1 atom stereocenters. The van der Waals surface area contributed by atoms with Crippen molar-refractivity contribution in [1.82, 2.24) is 15.0 Å². The summed E-state index contributed by atoms with van der Waals surface area (Å²) in [7, 11) is 0. The van der Waals surface area contributed by atoms with E-state index in [1.807, 2.05) is 18.2 Å². The second-order valence-electron chi connectivity index (χ2n) is 2.95. The molecule has 0 bridgehead atoms. The Morgan fingerprint density at radius 2 is 1.93 bits per heavy atom. The zero-order chi connectivity index (χ0) is 10.5. The van der Waals surface area contributed by atoms with Gasteiger partial charge in [-0.25, -0.2) is 9.97 Å². The van der Waals surface area contributed by atoms with E-state index in [1.54, 1.807) is 18.5 Å². The lowest BCUT2D eigenvalue weighted by atomic mass is 10.0. The fraction of sp³-hybridized carbons (Fsp3) is 0.0909. The Morgan fingerprint density at radius 3 is 2.53 bits per heavy atom. The van der Waals surface area contributed by atoms with Crippen LogP contribution in [0.2, 0.25) is 0 Å². The number of hydrogen-bond acceptors (Lipinski definition) is 4. The van der Waals surface area contributed by atoms with Crippen LogP contribution in [0.1, 0.15) is 17.3 Å². The van der Waals surface area contributed by atoms with Crippen LogP contribution in [0.5, 0.6) is 0 Å². The van der Waals surface area contributed by atoms with Crippen LogP contribution in [0.15, 0.2) is 43.0 Å². The van der Waals surface area contributed by atoms with Crippen LogP contribution in [-0.2, 0) is 0 Å². The summed E-state index contributed by atoms with van der Waals surface area (Å²) in [5.74, 6) is -0.422. The Kier molecular flexibility index (Phi) is 2.65. The molecule has 0 saturated heterocycles. The van der Waals surface area contributed by atoms with Crippen LogP contribution in [0.4, 0.5) is 0 Å². The Morgan fingerprint density at radius 1 is 1.07 bits per heavy atom. The molecule has 4 nitrogen and oxygen atoms in total. The summed E-state index contributed by atoms with van der Waals surface area (Å²) in [6.45, 7) is 0. The Bertz CT molecular complexity index is 421. The molecule has 0 aliphatic rings. The van der Waals surface area contributed by atoms with Gasteiger partial charge >= 0.3 is 0 Å². The molecule has 0 amide bonds. The van der Waals surface area contributed by atoms with Crippen molar-refractivity contribution in [2.24, 2.45) is 0 Å².